The Kier molecular flexibility index (Phi) is 4.46. The molecule has 2 saturated heterocycles. The molecule has 0 aliphatic carbocycles. The number of aliphatic hydroxyl groups excluding tert-OH is 1. The van der Waals surface area contributed by atoms with Crippen molar-refractivity contribution >= 4 is 5.91 Å². The van der Waals surface area contributed by atoms with Crippen LogP contribution in [-0.4, -0.2) is 34.6 Å². The van der Waals surface area contributed by atoms with Gasteiger partial charge in [-0.15, -0.1) is 0 Å². The van der Waals surface area contributed by atoms with Gasteiger partial charge in [0.2, 0.25) is 0 Å². The summed E-state index contributed by atoms with van der Waals surface area (Å²) in [5.41, 5.74) is 0.0966. The van der Waals surface area contributed by atoms with Crippen molar-refractivity contribution in [3.63, 3.8) is 0 Å². The van der Waals surface area contributed by atoms with Crippen molar-refractivity contribution in [3.8, 4) is 0 Å². The molecule has 1 amide bonds. The average Bonchev–Trinajstić information content (AvgIpc) is 3.21. The van der Waals surface area contributed by atoms with Gasteiger partial charge in [0, 0.05) is 23.6 Å². The summed E-state index contributed by atoms with van der Waals surface area (Å²) in [5, 5.41) is 10.2. The van der Waals surface area contributed by atoms with Gasteiger partial charge in [0.15, 0.2) is 11.6 Å². The minimum absolute atomic E-state index is 0.0902. The van der Waals surface area contributed by atoms with Gasteiger partial charge in [-0.25, -0.2) is 13.2 Å². The van der Waals surface area contributed by atoms with Gasteiger partial charge >= 0.3 is 0 Å². The SMILES string of the molecule is O=C(c1cc(F)c(F)cc1F)N1[C@H]2CC[C@@H]1[C@@](CO)(Cc1ccccc1)C2. The van der Waals surface area contributed by atoms with Crippen LogP contribution < -0.4 is 0 Å². The number of benzene rings is 2. The maximum atomic E-state index is 14.1. The Bertz CT molecular complexity index is 873. The lowest BCUT2D eigenvalue weighted by Crippen LogP contribution is -2.44. The van der Waals surface area contributed by atoms with Crippen molar-refractivity contribution in [1.82, 2.24) is 4.90 Å². The van der Waals surface area contributed by atoms with Crippen LogP contribution >= 0.6 is 0 Å². The first kappa shape index (κ1) is 18.0. The normalized spacial score (nSPS) is 26.6. The predicted molar refractivity (Wildman–Crippen MR) is 93.6 cm³/mol. The summed E-state index contributed by atoms with van der Waals surface area (Å²) in [6.07, 6.45) is 2.68. The number of nitrogens with zero attached hydrogens (tertiary/aromatic N) is 1. The number of halogens is 3. The van der Waals surface area contributed by atoms with Crippen LogP contribution in [0.15, 0.2) is 42.5 Å². The van der Waals surface area contributed by atoms with Crippen LogP contribution in [0.5, 0.6) is 0 Å². The molecule has 2 heterocycles. The monoisotopic (exact) mass is 375 g/mol. The number of hydrogen-bond acceptors (Lipinski definition) is 2. The third-order valence-corrected chi connectivity index (χ3v) is 6.04. The third-order valence-electron chi connectivity index (χ3n) is 6.04. The number of hydrogen-bond donors (Lipinski definition) is 1. The van der Waals surface area contributed by atoms with E-state index in [4.69, 9.17) is 0 Å². The van der Waals surface area contributed by atoms with Crippen LogP contribution in [0, 0.1) is 22.9 Å². The third kappa shape index (κ3) is 2.92. The summed E-state index contributed by atoms with van der Waals surface area (Å²) in [4.78, 5) is 14.5. The molecular weight excluding hydrogens is 355 g/mol. The minimum Gasteiger partial charge on any atom is -0.396 e. The van der Waals surface area contributed by atoms with Crippen LogP contribution in [0.1, 0.15) is 35.2 Å². The quantitative estimate of drug-likeness (QED) is 0.828. The molecule has 4 rings (SSSR count). The molecule has 2 aliphatic rings. The highest BCUT2D eigenvalue weighted by atomic mass is 19.2. The van der Waals surface area contributed by atoms with Crippen molar-refractivity contribution in [1.29, 1.82) is 0 Å². The molecule has 1 N–H and O–H groups in total. The number of carbonyl (C=O) groups excluding carboxylic acids is 1. The molecular formula is C21H20F3NO2. The van der Waals surface area contributed by atoms with Crippen molar-refractivity contribution in [3.05, 3.63) is 71.0 Å². The standard InChI is InChI=1S/C21H20F3NO2/c22-16-9-18(24)17(23)8-15(16)20(27)25-14-6-7-19(25)21(11-14,12-26)10-13-4-2-1-3-5-13/h1-5,8-9,14,19,26H,6-7,10-12H2/t14-,19+,21-/m0/s1. The van der Waals surface area contributed by atoms with Gasteiger partial charge in [-0.1, -0.05) is 30.3 Å². The first-order valence-electron chi connectivity index (χ1n) is 9.07. The fraction of sp³-hybridized carbons (Fsp3) is 0.381. The van der Waals surface area contributed by atoms with Crippen molar-refractivity contribution in [2.75, 3.05) is 6.61 Å². The smallest absolute Gasteiger partial charge is 0.257 e. The van der Waals surface area contributed by atoms with Crippen LogP contribution in [-0.2, 0) is 6.42 Å². The molecule has 2 aromatic carbocycles. The Morgan fingerprint density at radius 1 is 1.07 bits per heavy atom. The van der Waals surface area contributed by atoms with E-state index in [0.29, 0.717) is 31.4 Å². The van der Waals surface area contributed by atoms with E-state index in [-0.39, 0.29) is 18.7 Å². The van der Waals surface area contributed by atoms with Crippen LogP contribution in [0.3, 0.4) is 0 Å². The molecule has 0 radical (unpaired) electrons. The molecule has 142 valence electrons. The van der Waals surface area contributed by atoms with Gasteiger partial charge in [0.05, 0.1) is 12.2 Å². The van der Waals surface area contributed by atoms with E-state index in [9.17, 15) is 23.1 Å². The zero-order valence-electron chi connectivity index (χ0n) is 14.7. The molecule has 3 atom stereocenters. The molecule has 3 nitrogen and oxygen atoms in total. The van der Waals surface area contributed by atoms with Gasteiger partial charge < -0.3 is 10.0 Å². The summed E-state index contributed by atoms with van der Waals surface area (Å²) in [6.45, 7) is -0.0902. The summed E-state index contributed by atoms with van der Waals surface area (Å²) in [7, 11) is 0. The highest BCUT2D eigenvalue weighted by molar-refractivity contribution is 5.95. The van der Waals surface area contributed by atoms with Crippen molar-refractivity contribution < 1.29 is 23.1 Å². The predicted octanol–water partition coefficient (Wildman–Crippen LogP) is 3.70. The number of aliphatic hydroxyl groups is 1. The molecule has 2 aromatic rings. The topological polar surface area (TPSA) is 40.5 Å². The maximum absolute atomic E-state index is 14.1. The molecule has 27 heavy (non-hydrogen) atoms. The summed E-state index contributed by atoms with van der Waals surface area (Å²) >= 11 is 0. The van der Waals surface area contributed by atoms with E-state index < -0.39 is 34.3 Å². The van der Waals surface area contributed by atoms with E-state index in [1.807, 2.05) is 30.3 Å². The highest BCUT2D eigenvalue weighted by Gasteiger charge is 2.57. The van der Waals surface area contributed by atoms with Gasteiger partial charge in [-0.3, -0.25) is 4.79 Å². The molecule has 0 saturated carbocycles. The van der Waals surface area contributed by atoms with Crippen LogP contribution in [0.25, 0.3) is 0 Å². The fourth-order valence-electron chi connectivity index (χ4n) is 4.84. The number of carbonyl (C=O) groups is 1. The first-order chi connectivity index (χ1) is 12.9. The lowest BCUT2D eigenvalue weighted by Gasteiger charge is -2.36. The second-order valence-corrected chi connectivity index (χ2v) is 7.59. The molecule has 0 unspecified atom stereocenters. The van der Waals surface area contributed by atoms with Crippen molar-refractivity contribution in [2.45, 2.75) is 37.8 Å². The summed E-state index contributed by atoms with van der Waals surface area (Å²) in [6, 6.07) is 10.4. The molecule has 2 fully saturated rings. The zero-order chi connectivity index (χ0) is 19.2. The van der Waals surface area contributed by atoms with Gasteiger partial charge in [0.25, 0.3) is 5.91 Å². The van der Waals surface area contributed by atoms with Crippen molar-refractivity contribution in [2.24, 2.45) is 5.41 Å². The number of fused-ring (bicyclic) bond motifs is 2. The van der Waals surface area contributed by atoms with Gasteiger partial charge in [-0.05, 0) is 37.3 Å². The largest absolute Gasteiger partial charge is 0.396 e. The van der Waals surface area contributed by atoms with Gasteiger partial charge in [-0.2, -0.15) is 0 Å². The highest BCUT2D eigenvalue weighted by Crippen LogP contribution is 2.51. The minimum atomic E-state index is -1.32. The maximum Gasteiger partial charge on any atom is 0.257 e. The van der Waals surface area contributed by atoms with E-state index >= 15 is 0 Å². The molecule has 0 spiro atoms. The van der Waals surface area contributed by atoms with Crippen LogP contribution in [0.2, 0.25) is 0 Å². The molecule has 6 heteroatoms. The van der Waals surface area contributed by atoms with E-state index in [2.05, 4.69) is 0 Å². The summed E-state index contributed by atoms with van der Waals surface area (Å²) in [5.74, 6) is -4.27. The lowest BCUT2D eigenvalue weighted by atomic mass is 9.70. The van der Waals surface area contributed by atoms with E-state index in [1.165, 1.54) is 0 Å². The van der Waals surface area contributed by atoms with Gasteiger partial charge in [0.1, 0.15) is 5.82 Å². The fourth-order valence-corrected chi connectivity index (χ4v) is 4.84. The molecule has 2 bridgehead atoms. The Balaban J connectivity index is 1.65. The Labute approximate surface area is 155 Å². The lowest BCUT2D eigenvalue weighted by molar-refractivity contribution is 0.0567. The second kappa shape index (κ2) is 6.68. The second-order valence-electron chi connectivity index (χ2n) is 7.59. The average molecular weight is 375 g/mol. The van der Waals surface area contributed by atoms with E-state index in [0.717, 1.165) is 12.0 Å². The Hall–Kier alpha value is -2.34. The summed E-state index contributed by atoms with van der Waals surface area (Å²) < 4.78 is 40.9. The first-order valence-corrected chi connectivity index (χ1v) is 9.07. The zero-order valence-corrected chi connectivity index (χ0v) is 14.7. The van der Waals surface area contributed by atoms with E-state index in [1.54, 1.807) is 4.90 Å². The Morgan fingerprint density at radius 3 is 2.48 bits per heavy atom. The number of amides is 1. The molecule has 2 aliphatic heterocycles. The number of rotatable bonds is 4. The molecule has 0 aromatic heterocycles. The van der Waals surface area contributed by atoms with Crippen LogP contribution in [0.4, 0.5) is 13.2 Å². The Morgan fingerprint density at radius 2 is 1.78 bits per heavy atom.